The summed E-state index contributed by atoms with van der Waals surface area (Å²) in [5.41, 5.74) is 1.26. The highest BCUT2D eigenvalue weighted by molar-refractivity contribution is 7.14. The highest BCUT2D eigenvalue weighted by atomic mass is 35.5. The summed E-state index contributed by atoms with van der Waals surface area (Å²) in [5, 5.41) is 16.4. The summed E-state index contributed by atoms with van der Waals surface area (Å²) in [4.78, 5) is 14.5. The minimum Gasteiger partial charge on any atom is -0.365 e. The lowest BCUT2D eigenvalue weighted by Crippen LogP contribution is -1.90. The minimum atomic E-state index is -0.503. The number of rotatable bonds is 3. The van der Waals surface area contributed by atoms with Gasteiger partial charge in [0.15, 0.2) is 5.13 Å². The maximum absolute atomic E-state index is 10.8. The van der Waals surface area contributed by atoms with E-state index in [0.29, 0.717) is 11.3 Å². The monoisotopic (exact) mass is 269 g/mol. The van der Waals surface area contributed by atoms with Gasteiger partial charge in [0.05, 0.1) is 10.6 Å². The Morgan fingerprint density at radius 1 is 1.53 bits per heavy atom. The first-order chi connectivity index (χ1) is 8.11. The summed E-state index contributed by atoms with van der Waals surface area (Å²) in [7, 11) is 1.77. The van der Waals surface area contributed by atoms with Crippen LogP contribution in [0.5, 0.6) is 0 Å². The summed E-state index contributed by atoms with van der Waals surface area (Å²) >= 11 is 7.18. The van der Waals surface area contributed by atoms with Crippen molar-refractivity contribution in [3.8, 4) is 11.3 Å². The molecule has 88 valence electrons. The van der Waals surface area contributed by atoms with Crippen LogP contribution in [0.2, 0.25) is 5.02 Å². The summed E-state index contributed by atoms with van der Waals surface area (Å²) in [6, 6.07) is 4.65. The van der Waals surface area contributed by atoms with E-state index in [1.165, 1.54) is 23.5 Å². The largest absolute Gasteiger partial charge is 0.365 e. The first-order valence-corrected chi connectivity index (χ1v) is 5.95. The van der Waals surface area contributed by atoms with Crippen LogP contribution in [-0.2, 0) is 0 Å². The Kier molecular flexibility index (Phi) is 3.26. The Morgan fingerprint density at radius 2 is 2.29 bits per heavy atom. The molecule has 0 aliphatic heterocycles. The molecule has 5 nitrogen and oxygen atoms in total. The molecule has 0 saturated carbocycles. The Labute approximate surface area is 106 Å². The lowest BCUT2D eigenvalue weighted by molar-refractivity contribution is -0.384. The standard InChI is InChI=1S/C10H8ClN3O2S/c1-12-10-13-8(5-17-10)6-2-3-7(11)9(4-6)14(15)16/h2-5H,1H3,(H,12,13). The zero-order valence-corrected chi connectivity index (χ0v) is 10.4. The molecule has 0 aliphatic carbocycles. The van der Waals surface area contributed by atoms with E-state index in [-0.39, 0.29) is 10.7 Å². The molecule has 0 bridgehead atoms. The van der Waals surface area contributed by atoms with Crippen LogP contribution >= 0.6 is 22.9 Å². The Hall–Kier alpha value is -1.66. The number of benzene rings is 1. The first kappa shape index (κ1) is 11.8. The fourth-order valence-electron chi connectivity index (χ4n) is 1.33. The molecule has 0 spiro atoms. The molecule has 0 radical (unpaired) electrons. The number of nitrogens with one attached hydrogen (secondary N) is 1. The van der Waals surface area contributed by atoms with E-state index in [2.05, 4.69) is 10.3 Å². The van der Waals surface area contributed by atoms with Gasteiger partial charge in [-0.1, -0.05) is 17.7 Å². The van der Waals surface area contributed by atoms with Crippen molar-refractivity contribution in [3.63, 3.8) is 0 Å². The van der Waals surface area contributed by atoms with Crippen LogP contribution in [-0.4, -0.2) is 17.0 Å². The number of nitro benzene ring substituents is 1. The number of nitro groups is 1. The molecule has 0 fully saturated rings. The second-order valence-electron chi connectivity index (χ2n) is 3.21. The van der Waals surface area contributed by atoms with Gasteiger partial charge in [0.25, 0.3) is 5.69 Å². The van der Waals surface area contributed by atoms with E-state index in [9.17, 15) is 10.1 Å². The number of hydrogen-bond acceptors (Lipinski definition) is 5. The molecule has 2 rings (SSSR count). The Bertz CT molecular complexity index is 570. The van der Waals surface area contributed by atoms with E-state index in [0.717, 1.165) is 5.13 Å². The van der Waals surface area contributed by atoms with E-state index in [1.807, 2.05) is 5.38 Å². The van der Waals surface area contributed by atoms with Gasteiger partial charge in [0, 0.05) is 24.1 Å². The molecule has 0 amide bonds. The summed E-state index contributed by atoms with van der Waals surface area (Å²) in [6.07, 6.45) is 0. The number of thiazole rings is 1. The SMILES string of the molecule is CNc1nc(-c2ccc(Cl)c([N+](=O)[O-])c2)cs1. The van der Waals surface area contributed by atoms with Crippen molar-refractivity contribution in [1.29, 1.82) is 0 Å². The first-order valence-electron chi connectivity index (χ1n) is 4.69. The van der Waals surface area contributed by atoms with Crippen molar-refractivity contribution in [1.82, 2.24) is 4.98 Å². The topological polar surface area (TPSA) is 68.1 Å². The van der Waals surface area contributed by atoms with Crippen molar-refractivity contribution >= 4 is 33.8 Å². The van der Waals surface area contributed by atoms with Gasteiger partial charge in [0.1, 0.15) is 5.02 Å². The van der Waals surface area contributed by atoms with Gasteiger partial charge < -0.3 is 5.32 Å². The van der Waals surface area contributed by atoms with Crippen LogP contribution in [0.25, 0.3) is 11.3 Å². The molecule has 1 heterocycles. The normalized spacial score (nSPS) is 10.2. The average Bonchev–Trinajstić information content (AvgIpc) is 2.78. The highest BCUT2D eigenvalue weighted by Crippen LogP contribution is 2.31. The summed E-state index contributed by atoms with van der Waals surface area (Å²) in [6.45, 7) is 0. The molecule has 0 aliphatic rings. The molecule has 7 heteroatoms. The van der Waals surface area contributed by atoms with Crippen LogP contribution in [0.1, 0.15) is 0 Å². The van der Waals surface area contributed by atoms with Crippen LogP contribution in [0.4, 0.5) is 10.8 Å². The number of nitrogens with zero attached hydrogens (tertiary/aromatic N) is 2. The predicted octanol–water partition coefficient (Wildman–Crippen LogP) is 3.41. The van der Waals surface area contributed by atoms with Crippen LogP contribution < -0.4 is 5.32 Å². The Balaban J connectivity index is 2.46. The lowest BCUT2D eigenvalue weighted by atomic mass is 10.1. The van der Waals surface area contributed by atoms with Crippen LogP contribution in [0.3, 0.4) is 0 Å². The van der Waals surface area contributed by atoms with E-state index < -0.39 is 4.92 Å². The fourth-order valence-corrected chi connectivity index (χ4v) is 2.20. The van der Waals surface area contributed by atoms with Crippen molar-refractivity contribution in [3.05, 3.63) is 38.7 Å². The third kappa shape index (κ3) is 2.37. The van der Waals surface area contributed by atoms with Gasteiger partial charge in [-0.15, -0.1) is 11.3 Å². The molecule has 1 N–H and O–H groups in total. The van der Waals surface area contributed by atoms with E-state index >= 15 is 0 Å². The molecule has 0 unspecified atom stereocenters. The summed E-state index contributed by atoms with van der Waals surface area (Å²) in [5.74, 6) is 0. The van der Waals surface area contributed by atoms with Gasteiger partial charge in [-0.2, -0.15) is 0 Å². The maximum Gasteiger partial charge on any atom is 0.288 e. The van der Waals surface area contributed by atoms with Gasteiger partial charge in [-0.3, -0.25) is 10.1 Å². The number of anilines is 1. The van der Waals surface area contributed by atoms with Crippen molar-refractivity contribution in [2.24, 2.45) is 0 Å². The van der Waals surface area contributed by atoms with Crippen LogP contribution in [0.15, 0.2) is 23.6 Å². The second-order valence-corrected chi connectivity index (χ2v) is 4.48. The fraction of sp³-hybridized carbons (Fsp3) is 0.100. The van der Waals surface area contributed by atoms with E-state index in [1.54, 1.807) is 13.1 Å². The van der Waals surface area contributed by atoms with Gasteiger partial charge >= 0.3 is 0 Å². The third-order valence-electron chi connectivity index (χ3n) is 2.16. The highest BCUT2D eigenvalue weighted by Gasteiger charge is 2.14. The minimum absolute atomic E-state index is 0.108. The molecular formula is C10H8ClN3O2S. The van der Waals surface area contributed by atoms with Gasteiger partial charge in [-0.25, -0.2) is 4.98 Å². The lowest BCUT2D eigenvalue weighted by Gasteiger charge is -1.99. The number of hydrogen-bond donors (Lipinski definition) is 1. The van der Waals surface area contributed by atoms with Gasteiger partial charge in [-0.05, 0) is 6.07 Å². The molecular weight excluding hydrogens is 262 g/mol. The summed E-state index contributed by atoms with van der Waals surface area (Å²) < 4.78 is 0. The Morgan fingerprint density at radius 3 is 2.88 bits per heavy atom. The second kappa shape index (κ2) is 4.68. The molecule has 17 heavy (non-hydrogen) atoms. The zero-order chi connectivity index (χ0) is 12.4. The average molecular weight is 270 g/mol. The molecule has 0 atom stereocenters. The molecule has 2 aromatic rings. The van der Waals surface area contributed by atoms with Crippen molar-refractivity contribution < 1.29 is 4.92 Å². The molecule has 1 aromatic heterocycles. The predicted molar refractivity (Wildman–Crippen MR) is 68.8 cm³/mol. The van der Waals surface area contributed by atoms with Crippen LogP contribution in [0, 0.1) is 10.1 Å². The maximum atomic E-state index is 10.8. The quantitative estimate of drug-likeness (QED) is 0.685. The van der Waals surface area contributed by atoms with Crippen molar-refractivity contribution in [2.45, 2.75) is 0 Å². The van der Waals surface area contributed by atoms with Crippen molar-refractivity contribution in [2.75, 3.05) is 12.4 Å². The van der Waals surface area contributed by atoms with E-state index in [4.69, 9.17) is 11.6 Å². The zero-order valence-electron chi connectivity index (χ0n) is 8.81. The number of aromatic nitrogens is 1. The molecule has 0 saturated heterocycles. The smallest absolute Gasteiger partial charge is 0.288 e. The third-order valence-corrected chi connectivity index (χ3v) is 3.34. The number of halogens is 1. The van der Waals surface area contributed by atoms with Gasteiger partial charge in [0.2, 0.25) is 0 Å². The molecule has 1 aromatic carbocycles.